The second kappa shape index (κ2) is 5.37. The molecule has 2 heterocycles. The van der Waals surface area contributed by atoms with E-state index in [9.17, 15) is 4.79 Å². The third-order valence-electron chi connectivity index (χ3n) is 4.27. The Kier molecular flexibility index (Phi) is 3.32. The Morgan fingerprint density at radius 3 is 2.48 bits per heavy atom. The summed E-state index contributed by atoms with van der Waals surface area (Å²) >= 11 is 0. The molecule has 2 aromatic rings. The van der Waals surface area contributed by atoms with Crippen LogP contribution < -0.4 is 9.64 Å². The Morgan fingerprint density at radius 2 is 1.78 bits per heavy atom. The molecular formula is C18H17NO4. The first-order chi connectivity index (χ1) is 11.2. The fourth-order valence-corrected chi connectivity index (χ4v) is 3.15. The zero-order chi connectivity index (χ0) is 15.9. The molecule has 2 aromatic carbocycles. The van der Waals surface area contributed by atoms with Gasteiger partial charge in [0.15, 0.2) is 0 Å². The van der Waals surface area contributed by atoms with Crippen LogP contribution in [0.2, 0.25) is 0 Å². The number of amides is 1. The quantitative estimate of drug-likeness (QED) is 0.873. The largest absolute Gasteiger partial charge is 0.497 e. The highest BCUT2D eigenvalue weighted by molar-refractivity contribution is 6.06. The lowest BCUT2D eigenvalue weighted by Gasteiger charge is -2.22. The van der Waals surface area contributed by atoms with Gasteiger partial charge in [-0.15, -0.1) is 0 Å². The minimum Gasteiger partial charge on any atom is -0.497 e. The van der Waals surface area contributed by atoms with Gasteiger partial charge in [0.2, 0.25) is 0 Å². The number of anilines is 1. The molecule has 1 amide bonds. The van der Waals surface area contributed by atoms with E-state index in [0.717, 1.165) is 22.6 Å². The first kappa shape index (κ1) is 14.2. The van der Waals surface area contributed by atoms with Crippen LogP contribution in [0.1, 0.15) is 11.1 Å². The predicted molar refractivity (Wildman–Crippen MR) is 84.2 cm³/mol. The third kappa shape index (κ3) is 2.12. The lowest BCUT2D eigenvalue weighted by Crippen LogP contribution is -2.40. The number of ether oxygens (including phenoxy) is 3. The van der Waals surface area contributed by atoms with Crippen LogP contribution in [0.25, 0.3) is 0 Å². The van der Waals surface area contributed by atoms with Crippen LogP contribution in [-0.4, -0.2) is 26.2 Å². The average Bonchev–Trinajstić information content (AvgIpc) is 3.17. The number of hydrogen-bond acceptors (Lipinski definition) is 4. The van der Waals surface area contributed by atoms with Crippen molar-refractivity contribution in [3.63, 3.8) is 0 Å². The highest BCUT2D eigenvalue weighted by Gasteiger charge is 2.55. The Morgan fingerprint density at radius 1 is 1.09 bits per heavy atom. The maximum Gasteiger partial charge on any atom is 0.292 e. The SMILES string of the molecule is COc1ccc(CN2C(=O)C3(OCCO3)c3ccccc32)cc1. The summed E-state index contributed by atoms with van der Waals surface area (Å²) in [5.41, 5.74) is 2.65. The van der Waals surface area contributed by atoms with E-state index >= 15 is 0 Å². The summed E-state index contributed by atoms with van der Waals surface area (Å²) in [6, 6.07) is 15.3. The molecule has 2 aliphatic heterocycles. The molecule has 0 bridgehead atoms. The second-order valence-corrected chi connectivity index (χ2v) is 5.57. The van der Waals surface area contributed by atoms with Crippen LogP contribution in [0.15, 0.2) is 48.5 Å². The molecule has 0 saturated carbocycles. The van der Waals surface area contributed by atoms with Crippen LogP contribution in [0.5, 0.6) is 5.75 Å². The molecule has 1 fully saturated rings. The topological polar surface area (TPSA) is 48.0 Å². The average molecular weight is 311 g/mol. The predicted octanol–water partition coefficient (Wildman–Crippen LogP) is 2.44. The summed E-state index contributed by atoms with van der Waals surface area (Å²) in [5, 5.41) is 0. The van der Waals surface area contributed by atoms with E-state index in [1.54, 1.807) is 12.0 Å². The van der Waals surface area contributed by atoms with Crippen LogP contribution in [-0.2, 0) is 26.6 Å². The lowest BCUT2D eigenvalue weighted by molar-refractivity contribution is -0.180. The zero-order valence-electron chi connectivity index (χ0n) is 12.8. The number of carbonyl (C=O) groups excluding carboxylic acids is 1. The van der Waals surface area contributed by atoms with Gasteiger partial charge in [-0.25, -0.2) is 0 Å². The Balaban J connectivity index is 1.70. The maximum atomic E-state index is 13.0. The fourth-order valence-electron chi connectivity index (χ4n) is 3.15. The van der Waals surface area contributed by atoms with Crippen LogP contribution in [0.3, 0.4) is 0 Å². The Bertz CT molecular complexity index is 735. The molecule has 5 nitrogen and oxygen atoms in total. The number of carbonyl (C=O) groups is 1. The molecule has 0 aliphatic carbocycles. The van der Waals surface area contributed by atoms with Crippen LogP contribution in [0, 0.1) is 0 Å². The normalized spacial score (nSPS) is 18.5. The van der Waals surface area contributed by atoms with Gasteiger partial charge in [-0.1, -0.05) is 30.3 Å². The molecule has 5 heteroatoms. The zero-order valence-corrected chi connectivity index (χ0v) is 12.8. The van der Waals surface area contributed by atoms with Crippen LogP contribution in [0.4, 0.5) is 5.69 Å². The second-order valence-electron chi connectivity index (χ2n) is 5.57. The van der Waals surface area contributed by atoms with Crippen molar-refractivity contribution in [2.45, 2.75) is 12.3 Å². The number of fused-ring (bicyclic) bond motifs is 2. The van der Waals surface area contributed by atoms with Gasteiger partial charge in [-0.3, -0.25) is 4.79 Å². The van der Waals surface area contributed by atoms with Crippen molar-refractivity contribution in [2.24, 2.45) is 0 Å². The highest BCUT2D eigenvalue weighted by atomic mass is 16.7. The molecule has 0 aromatic heterocycles. The molecule has 0 radical (unpaired) electrons. The number of para-hydroxylation sites is 1. The number of hydrogen-bond donors (Lipinski definition) is 0. The third-order valence-corrected chi connectivity index (χ3v) is 4.27. The molecule has 1 saturated heterocycles. The smallest absolute Gasteiger partial charge is 0.292 e. The molecular weight excluding hydrogens is 294 g/mol. The van der Waals surface area contributed by atoms with Crippen molar-refractivity contribution in [3.8, 4) is 5.75 Å². The number of rotatable bonds is 3. The monoisotopic (exact) mass is 311 g/mol. The van der Waals surface area contributed by atoms with Gasteiger partial charge in [0, 0.05) is 5.56 Å². The van der Waals surface area contributed by atoms with Gasteiger partial charge in [0.25, 0.3) is 11.7 Å². The van der Waals surface area contributed by atoms with Gasteiger partial charge in [0.1, 0.15) is 5.75 Å². The van der Waals surface area contributed by atoms with E-state index < -0.39 is 5.79 Å². The van der Waals surface area contributed by atoms with E-state index in [1.165, 1.54) is 0 Å². The summed E-state index contributed by atoms with van der Waals surface area (Å²) in [7, 11) is 1.63. The summed E-state index contributed by atoms with van der Waals surface area (Å²) in [5.74, 6) is -0.629. The molecule has 2 aliphatic rings. The molecule has 23 heavy (non-hydrogen) atoms. The van der Waals surface area contributed by atoms with Crippen molar-refractivity contribution in [1.29, 1.82) is 0 Å². The van der Waals surface area contributed by atoms with Gasteiger partial charge in [-0.05, 0) is 23.8 Å². The number of benzene rings is 2. The van der Waals surface area contributed by atoms with E-state index in [-0.39, 0.29) is 5.91 Å². The minimum atomic E-state index is -1.26. The lowest BCUT2D eigenvalue weighted by atomic mass is 10.1. The van der Waals surface area contributed by atoms with Gasteiger partial charge >= 0.3 is 0 Å². The standard InChI is InChI=1S/C18H17NO4/c1-21-14-8-6-13(7-9-14)12-19-16-5-3-2-4-15(16)18(17(19)20)22-10-11-23-18/h2-9H,10-12H2,1H3. The number of methoxy groups -OCH3 is 1. The van der Waals surface area contributed by atoms with E-state index in [2.05, 4.69) is 0 Å². The summed E-state index contributed by atoms with van der Waals surface area (Å²) in [6.07, 6.45) is 0. The van der Waals surface area contributed by atoms with Crippen molar-refractivity contribution in [3.05, 3.63) is 59.7 Å². The van der Waals surface area contributed by atoms with Crippen molar-refractivity contribution in [1.82, 2.24) is 0 Å². The molecule has 4 rings (SSSR count). The maximum absolute atomic E-state index is 13.0. The fraction of sp³-hybridized carbons (Fsp3) is 0.278. The first-order valence-electron chi connectivity index (χ1n) is 7.57. The van der Waals surface area contributed by atoms with E-state index in [1.807, 2.05) is 48.5 Å². The van der Waals surface area contributed by atoms with Crippen molar-refractivity contribution >= 4 is 11.6 Å². The highest BCUT2D eigenvalue weighted by Crippen LogP contribution is 2.46. The van der Waals surface area contributed by atoms with E-state index in [4.69, 9.17) is 14.2 Å². The Labute approximate surface area is 134 Å². The number of nitrogens with zero attached hydrogens (tertiary/aromatic N) is 1. The van der Waals surface area contributed by atoms with Crippen molar-refractivity contribution < 1.29 is 19.0 Å². The minimum absolute atomic E-state index is 0.160. The summed E-state index contributed by atoms with van der Waals surface area (Å²) in [6.45, 7) is 1.32. The van der Waals surface area contributed by atoms with Gasteiger partial charge in [-0.2, -0.15) is 0 Å². The van der Waals surface area contributed by atoms with Crippen LogP contribution >= 0.6 is 0 Å². The van der Waals surface area contributed by atoms with Gasteiger partial charge in [0.05, 0.1) is 32.6 Å². The summed E-state index contributed by atoms with van der Waals surface area (Å²) < 4.78 is 16.6. The Hall–Kier alpha value is -2.37. The molecule has 118 valence electrons. The van der Waals surface area contributed by atoms with E-state index in [0.29, 0.717) is 19.8 Å². The molecule has 0 atom stereocenters. The van der Waals surface area contributed by atoms with Gasteiger partial charge < -0.3 is 19.1 Å². The molecule has 0 unspecified atom stereocenters. The first-order valence-corrected chi connectivity index (χ1v) is 7.57. The molecule has 0 N–H and O–H groups in total. The summed E-state index contributed by atoms with van der Waals surface area (Å²) in [4.78, 5) is 14.7. The molecule has 1 spiro atoms. The van der Waals surface area contributed by atoms with Crippen molar-refractivity contribution in [2.75, 3.05) is 25.2 Å².